The Kier molecular flexibility index (Phi) is 7.01. The molecule has 30 heavy (non-hydrogen) atoms. The number of carbonyl (C=O) groups excluding carboxylic acids is 3. The number of rotatable bonds is 7. The zero-order chi connectivity index (χ0) is 22.7. The Morgan fingerprint density at radius 3 is 2.30 bits per heavy atom. The number of amides is 2. The van der Waals surface area contributed by atoms with Crippen molar-refractivity contribution < 1.29 is 31.9 Å². The molecule has 0 aliphatic carbocycles. The molecule has 1 aromatic heterocycles. The second kappa shape index (κ2) is 9.10. The Hall–Kier alpha value is -3.17. The van der Waals surface area contributed by atoms with Crippen molar-refractivity contribution >= 4 is 23.3 Å². The van der Waals surface area contributed by atoms with E-state index in [2.05, 4.69) is 5.32 Å². The van der Waals surface area contributed by atoms with E-state index in [-0.39, 0.29) is 16.8 Å². The van der Waals surface area contributed by atoms with Crippen LogP contribution < -0.4 is 10.6 Å². The molecule has 2 aromatic rings. The summed E-state index contributed by atoms with van der Waals surface area (Å²) in [5.41, 5.74) is 1.07. The summed E-state index contributed by atoms with van der Waals surface area (Å²) in [4.78, 5) is 37.3. The standard InChI is InChI=1S/C20H21F4N3O3/c1-9-7-12(5-6-13(9)22)25-19(29)15-10(2)16(27(4)11(15)3)17(28)20(30)26-14(8-21)18(23)24/h5-7,14,18H,8H2,1-4H3,(H,25,29)(H,26,30). The average molecular weight is 427 g/mol. The van der Waals surface area contributed by atoms with Crippen molar-refractivity contribution in [2.75, 3.05) is 12.0 Å². The van der Waals surface area contributed by atoms with Gasteiger partial charge < -0.3 is 15.2 Å². The van der Waals surface area contributed by atoms with Crippen molar-refractivity contribution in [1.29, 1.82) is 0 Å². The van der Waals surface area contributed by atoms with Gasteiger partial charge in [-0.05, 0) is 50.1 Å². The molecule has 0 bridgehead atoms. The number of nitrogens with one attached hydrogen (secondary N) is 2. The van der Waals surface area contributed by atoms with Crippen LogP contribution in [0.25, 0.3) is 0 Å². The van der Waals surface area contributed by atoms with Gasteiger partial charge in [0, 0.05) is 18.4 Å². The number of carbonyl (C=O) groups is 3. The fourth-order valence-corrected chi connectivity index (χ4v) is 3.06. The fourth-order valence-electron chi connectivity index (χ4n) is 3.06. The van der Waals surface area contributed by atoms with E-state index >= 15 is 0 Å². The summed E-state index contributed by atoms with van der Waals surface area (Å²) in [7, 11) is 1.43. The molecule has 1 heterocycles. The minimum Gasteiger partial charge on any atom is -0.344 e. The van der Waals surface area contributed by atoms with Gasteiger partial charge in [-0.3, -0.25) is 14.4 Å². The quantitative estimate of drug-likeness (QED) is 0.405. The number of ketones is 1. The molecule has 6 nitrogen and oxygen atoms in total. The van der Waals surface area contributed by atoms with Gasteiger partial charge >= 0.3 is 0 Å². The summed E-state index contributed by atoms with van der Waals surface area (Å²) < 4.78 is 52.7. The third kappa shape index (κ3) is 4.52. The first kappa shape index (κ1) is 23.1. The second-order valence-electron chi connectivity index (χ2n) is 6.81. The smallest absolute Gasteiger partial charge is 0.294 e. The highest BCUT2D eigenvalue weighted by molar-refractivity contribution is 6.43. The predicted molar refractivity (Wildman–Crippen MR) is 102 cm³/mol. The molecule has 0 fully saturated rings. The molecule has 162 valence electrons. The summed E-state index contributed by atoms with van der Waals surface area (Å²) in [5.74, 6) is -3.61. The van der Waals surface area contributed by atoms with E-state index in [0.29, 0.717) is 16.9 Å². The average Bonchev–Trinajstić information content (AvgIpc) is 2.90. The van der Waals surface area contributed by atoms with E-state index in [4.69, 9.17) is 0 Å². The number of aromatic nitrogens is 1. The zero-order valence-electron chi connectivity index (χ0n) is 16.8. The summed E-state index contributed by atoms with van der Waals surface area (Å²) in [6.45, 7) is 2.96. The van der Waals surface area contributed by atoms with Gasteiger partial charge in [0.1, 0.15) is 18.5 Å². The number of hydrogen-bond donors (Lipinski definition) is 2. The summed E-state index contributed by atoms with van der Waals surface area (Å²) in [5, 5.41) is 4.26. The van der Waals surface area contributed by atoms with E-state index in [1.54, 1.807) is 5.32 Å². The van der Waals surface area contributed by atoms with Gasteiger partial charge in [-0.2, -0.15) is 0 Å². The Labute approximate surface area is 170 Å². The fraction of sp³-hybridized carbons (Fsp3) is 0.350. The third-order valence-corrected chi connectivity index (χ3v) is 4.78. The van der Waals surface area contributed by atoms with Gasteiger partial charge in [0.25, 0.3) is 24.0 Å². The molecule has 1 atom stereocenters. The highest BCUT2D eigenvalue weighted by atomic mass is 19.3. The molecule has 1 aromatic carbocycles. The lowest BCUT2D eigenvalue weighted by Crippen LogP contribution is -2.45. The maximum absolute atomic E-state index is 13.4. The first-order valence-electron chi connectivity index (χ1n) is 8.92. The number of benzene rings is 1. The van der Waals surface area contributed by atoms with Crippen LogP contribution in [0.15, 0.2) is 18.2 Å². The van der Waals surface area contributed by atoms with Crippen LogP contribution in [0.4, 0.5) is 23.2 Å². The van der Waals surface area contributed by atoms with Crippen LogP contribution in [0, 0.1) is 26.6 Å². The number of halogens is 4. The molecule has 0 saturated carbocycles. The lowest BCUT2D eigenvalue weighted by molar-refractivity contribution is -0.119. The van der Waals surface area contributed by atoms with Gasteiger partial charge in [-0.15, -0.1) is 0 Å². The largest absolute Gasteiger partial charge is 0.344 e. The van der Waals surface area contributed by atoms with Gasteiger partial charge in [0.05, 0.1) is 11.3 Å². The number of hydrogen-bond acceptors (Lipinski definition) is 3. The van der Waals surface area contributed by atoms with E-state index < -0.39 is 42.6 Å². The van der Waals surface area contributed by atoms with Crippen molar-refractivity contribution in [2.45, 2.75) is 33.2 Å². The molecule has 0 aliphatic rings. The Balaban J connectivity index is 2.33. The molecular formula is C20H21F4N3O3. The molecule has 2 N–H and O–H groups in total. The van der Waals surface area contributed by atoms with Crippen LogP contribution in [-0.4, -0.2) is 41.3 Å². The minimum atomic E-state index is -3.18. The Morgan fingerprint density at radius 2 is 1.77 bits per heavy atom. The van der Waals surface area contributed by atoms with Crippen molar-refractivity contribution in [3.05, 3.63) is 52.1 Å². The summed E-state index contributed by atoms with van der Waals surface area (Å²) >= 11 is 0. The van der Waals surface area contributed by atoms with E-state index in [9.17, 15) is 31.9 Å². The summed E-state index contributed by atoms with van der Waals surface area (Å²) in [6.07, 6.45) is -3.18. The summed E-state index contributed by atoms with van der Waals surface area (Å²) in [6, 6.07) is 1.89. The Bertz CT molecular complexity index is 1000. The highest BCUT2D eigenvalue weighted by Gasteiger charge is 2.31. The Morgan fingerprint density at radius 1 is 1.13 bits per heavy atom. The van der Waals surface area contributed by atoms with Crippen molar-refractivity contribution in [2.24, 2.45) is 7.05 Å². The van der Waals surface area contributed by atoms with Gasteiger partial charge in [-0.1, -0.05) is 0 Å². The SMILES string of the molecule is Cc1cc(NC(=O)c2c(C)c(C(=O)C(=O)NC(CF)C(F)F)n(C)c2C)ccc1F. The number of anilines is 1. The normalized spacial score (nSPS) is 12.0. The molecule has 2 amide bonds. The number of aryl methyl sites for hydroxylation is 1. The van der Waals surface area contributed by atoms with Crippen LogP contribution in [0.1, 0.15) is 37.7 Å². The molecular weight excluding hydrogens is 406 g/mol. The monoisotopic (exact) mass is 427 g/mol. The maximum atomic E-state index is 13.4. The second-order valence-corrected chi connectivity index (χ2v) is 6.81. The van der Waals surface area contributed by atoms with Crippen LogP contribution in [0.2, 0.25) is 0 Å². The maximum Gasteiger partial charge on any atom is 0.294 e. The number of Topliss-reactive ketones (excluding diaryl/α,β-unsaturated/α-hetero) is 1. The zero-order valence-corrected chi connectivity index (χ0v) is 16.8. The van der Waals surface area contributed by atoms with E-state index in [0.717, 1.165) is 0 Å². The van der Waals surface area contributed by atoms with Gasteiger partial charge in [0.2, 0.25) is 0 Å². The van der Waals surface area contributed by atoms with Crippen LogP contribution >= 0.6 is 0 Å². The minimum absolute atomic E-state index is 0.103. The molecule has 0 saturated heterocycles. The van der Waals surface area contributed by atoms with E-state index in [1.165, 1.54) is 50.6 Å². The molecule has 0 radical (unpaired) electrons. The van der Waals surface area contributed by atoms with Crippen LogP contribution in [0.3, 0.4) is 0 Å². The predicted octanol–water partition coefficient (Wildman–Crippen LogP) is 3.24. The van der Waals surface area contributed by atoms with Gasteiger partial charge in [-0.25, -0.2) is 17.6 Å². The number of nitrogens with zero attached hydrogens (tertiary/aromatic N) is 1. The molecule has 2 rings (SSSR count). The number of alkyl halides is 3. The van der Waals surface area contributed by atoms with Gasteiger partial charge in [0.15, 0.2) is 0 Å². The van der Waals surface area contributed by atoms with Crippen molar-refractivity contribution in [1.82, 2.24) is 9.88 Å². The van der Waals surface area contributed by atoms with E-state index in [1.807, 2.05) is 0 Å². The van der Waals surface area contributed by atoms with Crippen LogP contribution in [-0.2, 0) is 11.8 Å². The van der Waals surface area contributed by atoms with Crippen molar-refractivity contribution in [3.8, 4) is 0 Å². The molecule has 10 heteroatoms. The molecule has 0 spiro atoms. The molecule has 0 aliphatic heterocycles. The molecule has 1 unspecified atom stereocenters. The lowest BCUT2D eigenvalue weighted by atomic mass is 10.1. The third-order valence-electron chi connectivity index (χ3n) is 4.78. The lowest BCUT2D eigenvalue weighted by Gasteiger charge is -2.14. The first-order chi connectivity index (χ1) is 14.0. The highest BCUT2D eigenvalue weighted by Crippen LogP contribution is 2.24. The van der Waals surface area contributed by atoms with Crippen molar-refractivity contribution in [3.63, 3.8) is 0 Å². The van der Waals surface area contributed by atoms with Crippen LogP contribution in [0.5, 0.6) is 0 Å². The first-order valence-corrected chi connectivity index (χ1v) is 8.92. The topological polar surface area (TPSA) is 80.2 Å².